The number of carbonyl (C=O) groups excluding carboxylic acids is 1. The molecule has 1 fully saturated rings. The Morgan fingerprint density at radius 1 is 1.62 bits per heavy atom. The molecule has 1 aliphatic carbocycles. The number of hydrogen-bond acceptors (Lipinski definition) is 3. The monoisotopic (exact) mass is 227 g/mol. The molecule has 2 N–H and O–H groups in total. The fraction of sp³-hybridized carbons (Fsp3) is 0.818. The van der Waals surface area contributed by atoms with Crippen molar-refractivity contribution in [1.82, 2.24) is 10.6 Å². The Bertz CT molecular complexity index is 312. The molecule has 5 heteroatoms. The van der Waals surface area contributed by atoms with E-state index in [2.05, 4.69) is 16.7 Å². The molecule has 0 aromatic heterocycles. The molecule has 0 radical (unpaired) electrons. The third-order valence-electron chi connectivity index (χ3n) is 2.68. The first-order chi connectivity index (χ1) is 7.32. The van der Waals surface area contributed by atoms with Gasteiger partial charge in [0.2, 0.25) is 5.91 Å². The summed E-state index contributed by atoms with van der Waals surface area (Å²) < 4.78 is 13.4. The van der Waals surface area contributed by atoms with E-state index in [4.69, 9.17) is 5.26 Å². The van der Waals surface area contributed by atoms with Gasteiger partial charge < -0.3 is 10.6 Å². The van der Waals surface area contributed by atoms with E-state index in [1.807, 2.05) is 0 Å². The Labute approximate surface area is 95.2 Å². The molecule has 0 heterocycles. The summed E-state index contributed by atoms with van der Waals surface area (Å²) in [5, 5.41) is 14.3. The van der Waals surface area contributed by atoms with E-state index in [0.717, 1.165) is 0 Å². The predicted molar refractivity (Wildman–Crippen MR) is 58.4 cm³/mol. The lowest BCUT2D eigenvalue weighted by molar-refractivity contribution is -0.124. The summed E-state index contributed by atoms with van der Waals surface area (Å²) in [5.74, 6) is -0.299. The van der Waals surface area contributed by atoms with Crippen molar-refractivity contribution >= 4 is 5.91 Å². The van der Waals surface area contributed by atoms with Gasteiger partial charge in [0.15, 0.2) is 0 Å². The van der Waals surface area contributed by atoms with Crippen LogP contribution in [0.15, 0.2) is 0 Å². The lowest BCUT2D eigenvalue weighted by atomic mass is 10.00. The van der Waals surface area contributed by atoms with Gasteiger partial charge in [-0.05, 0) is 33.7 Å². The Morgan fingerprint density at radius 3 is 2.50 bits per heavy atom. The van der Waals surface area contributed by atoms with Gasteiger partial charge >= 0.3 is 0 Å². The number of alkyl halides is 1. The zero-order valence-electron chi connectivity index (χ0n) is 9.93. The van der Waals surface area contributed by atoms with Crippen LogP contribution in [-0.2, 0) is 4.79 Å². The third kappa shape index (κ3) is 3.46. The fourth-order valence-corrected chi connectivity index (χ4v) is 1.52. The van der Waals surface area contributed by atoms with Crippen molar-refractivity contribution in [2.75, 3.05) is 7.05 Å². The summed E-state index contributed by atoms with van der Waals surface area (Å²) in [6, 6.07) is 1.48. The predicted octanol–water partition coefficient (Wildman–Crippen LogP) is 0.885. The van der Waals surface area contributed by atoms with Crippen LogP contribution in [0.5, 0.6) is 0 Å². The second kappa shape index (κ2) is 4.38. The van der Waals surface area contributed by atoms with Crippen molar-refractivity contribution in [2.24, 2.45) is 0 Å². The number of carbonyl (C=O) groups is 1. The number of likely N-dealkylation sites (N-methyl/N-ethyl adjacent to an activating group) is 1. The standard InChI is InChI=1S/C11H18FN3O/c1-10(2,12)6-8(14-3)9(16)15-11(7-13)4-5-11/h8,14H,4-6H2,1-3H3,(H,15,16)/t8-/m0/s1. The maximum atomic E-state index is 13.4. The van der Waals surface area contributed by atoms with E-state index in [9.17, 15) is 9.18 Å². The molecule has 4 nitrogen and oxygen atoms in total. The normalized spacial score (nSPS) is 19.7. The number of nitrogens with one attached hydrogen (secondary N) is 2. The van der Waals surface area contributed by atoms with Gasteiger partial charge in [-0.25, -0.2) is 4.39 Å². The van der Waals surface area contributed by atoms with Crippen LogP contribution in [0, 0.1) is 11.3 Å². The number of amides is 1. The minimum Gasteiger partial charge on any atom is -0.336 e. The van der Waals surface area contributed by atoms with Crippen molar-refractivity contribution in [1.29, 1.82) is 5.26 Å². The largest absolute Gasteiger partial charge is 0.336 e. The second-order valence-electron chi connectivity index (χ2n) is 4.95. The summed E-state index contributed by atoms with van der Waals surface area (Å²) in [6.45, 7) is 2.86. The molecule has 1 rings (SSSR count). The first-order valence-corrected chi connectivity index (χ1v) is 5.41. The zero-order chi connectivity index (χ0) is 12.4. The van der Waals surface area contributed by atoms with Crippen molar-refractivity contribution < 1.29 is 9.18 Å². The molecule has 1 atom stereocenters. The SMILES string of the molecule is CN[C@@H](CC(C)(C)F)C(=O)NC1(C#N)CC1. The van der Waals surface area contributed by atoms with Crippen LogP contribution in [-0.4, -0.2) is 30.2 Å². The first-order valence-electron chi connectivity index (χ1n) is 5.41. The van der Waals surface area contributed by atoms with Gasteiger partial charge in [0, 0.05) is 6.42 Å². The van der Waals surface area contributed by atoms with Crippen LogP contribution in [0.3, 0.4) is 0 Å². The van der Waals surface area contributed by atoms with Gasteiger partial charge in [0.25, 0.3) is 0 Å². The third-order valence-corrected chi connectivity index (χ3v) is 2.68. The van der Waals surface area contributed by atoms with E-state index in [1.165, 1.54) is 13.8 Å². The number of hydrogen-bond donors (Lipinski definition) is 2. The molecule has 0 aliphatic heterocycles. The molecule has 1 saturated carbocycles. The highest BCUT2D eigenvalue weighted by molar-refractivity contribution is 5.83. The topological polar surface area (TPSA) is 64.9 Å². The molecule has 0 bridgehead atoms. The fourth-order valence-electron chi connectivity index (χ4n) is 1.52. The maximum absolute atomic E-state index is 13.4. The minimum absolute atomic E-state index is 0.0941. The molecule has 0 unspecified atom stereocenters. The van der Waals surface area contributed by atoms with Gasteiger partial charge in [-0.3, -0.25) is 4.79 Å². The molecular weight excluding hydrogens is 209 g/mol. The highest BCUT2D eigenvalue weighted by Gasteiger charge is 2.45. The summed E-state index contributed by atoms with van der Waals surface area (Å²) in [4.78, 5) is 11.8. The van der Waals surface area contributed by atoms with Crippen LogP contribution < -0.4 is 10.6 Å². The Kier molecular flexibility index (Phi) is 3.54. The van der Waals surface area contributed by atoms with Crippen LogP contribution in [0.25, 0.3) is 0 Å². The molecule has 1 amide bonds. The highest BCUT2D eigenvalue weighted by Crippen LogP contribution is 2.34. The Balaban J connectivity index is 2.54. The van der Waals surface area contributed by atoms with Crippen LogP contribution >= 0.6 is 0 Å². The quantitative estimate of drug-likeness (QED) is 0.733. The van der Waals surface area contributed by atoms with Gasteiger partial charge in [0.05, 0.1) is 12.1 Å². The summed E-state index contributed by atoms with van der Waals surface area (Å²) in [5.41, 5.74) is -2.10. The summed E-state index contributed by atoms with van der Waals surface area (Å²) in [6.07, 6.45) is 1.46. The van der Waals surface area contributed by atoms with Crippen molar-refractivity contribution in [3.63, 3.8) is 0 Å². The Morgan fingerprint density at radius 2 is 2.19 bits per heavy atom. The molecule has 90 valence electrons. The van der Waals surface area contributed by atoms with Gasteiger partial charge in [-0.15, -0.1) is 0 Å². The number of nitrogens with zero attached hydrogens (tertiary/aromatic N) is 1. The molecular formula is C11H18FN3O. The van der Waals surface area contributed by atoms with Crippen molar-refractivity contribution in [3.05, 3.63) is 0 Å². The van der Waals surface area contributed by atoms with Gasteiger partial charge in [0.1, 0.15) is 11.2 Å². The van der Waals surface area contributed by atoms with Crippen molar-refractivity contribution in [2.45, 2.75) is 50.4 Å². The number of halogens is 1. The van der Waals surface area contributed by atoms with Crippen molar-refractivity contribution in [3.8, 4) is 6.07 Å². The number of nitriles is 1. The molecule has 0 aromatic carbocycles. The average molecular weight is 227 g/mol. The number of rotatable bonds is 5. The lowest BCUT2D eigenvalue weighted by Crippen LogP contribution is -2.49. The minimum atomic E-state index is -1.41. The van der Waals surface area contributed by atoms with E-state index < -0.39 is 17.2 Å². The van der Waals surface area contributed by atoms with Crippen LogP contribution in [0.1, 0.15) is 33.1 Å². The average Bonchev–Trinajstić information content (AvgIpc) is 2.93. The first kappa shape index (κ1) is 12.9. The lowest BCUT2D eigenvalue weighted by Gasteiger charge is -2.23. The molecule has 1 aliphatic rings. The van der Waals surface area contributed by atoms with E-state index in [-0.39, 0.29) is 12.3 Å². The van der Waals surface area contributed by atoms with Gasteiger partial charge in [-0.1, -0.05) is 0 Å². The summed E-state index contributed by atoms with van der Waals surface area (Å²) in [7, 11) is 1.61. The zero-order valence-corrected chi connectivity index (χ0v) is 9.93. The molecule has 0 aromatic rings. The second-order valence-corrected chi connectivity index (χ2v) is 4.95. The smallest absolute Gasteiger partial charge is 0.238 e. The molecule has 0 saturated heterocycles. The van der Waals surface area contributed by atoms with E-state index in [1.54, 1.807) is 7.05 Å². The molecule has 0 spiro atoms. The van der Waals surface area contributed by atoms with E-state index in [0.29, 0.717) is 12.8 Å². The maximum Gasteiger partial charge on any atom is 0.238 e. The van der Waals surface area contributed by atoms with E-state index >= 15 is 0 Å². The van der Waals surface area contributed by atoms with Crippen LogP contribution in [0.2, 0.25) is 0 Å². The highest BCUT2D eigenvalue weighted by atomic mass is 19.1. The Hall–Kier alpha value is -1.15. The molecule has 16 heavy (non-hydrogen) atoms. The van der Waals surface area contributed by atoms with Gasteiger partial charge in [-0.2, -0.15) is 5.26 Å². The van der Waals surface area contributed by atoms with Crippen LogP contribution in [0.4, 0.5) is 4.39 Å². The summed E-state index contributed by atoms with van der Waals surface area (Å²) >= 11 is 0.